The fourth-order valence-electron chi connectivity index (χ4n) is 3.51. The average Bonchev–Trinajstić information content (AvgIpc) is 3.10. The van der Waals surface area contributed by atoms with Gasteiger partial charge in [-0.25, -0.2) is 4.98 Å². The number of aromatic amines is 2. The first-order valence-corrected chi connectivity index (χ1v) is 8.93. The molecule has 7 heteroatoms. The third kappa shape index (κ3) is 2.48. The second-order valence-electron chi connectivity index (χ2n) is 6.89. The summed E-state index contributed by atoms with van der Waals surface area (Å²) in [4.78, 5) is 29.4. The van der Waals surface area contributed by atoms with Gasteiger partial charge in [0.05, 0.1) is 22.6 Å². The molecule has 0 aliphatic heterocycles. The lowest BCUT2D eigenvalue weighted by atomic mass is 10.1. The van der Waals surface area contributed by atoms with Gasteiger partial charge in [0.2, 0.25) is 0 Å². The van der Waals surface area contributed by atoms with Crippen LogP contribution in [0.1, 0.15) is 0 Å². The van der Waals surface area contributed by atoms with Crippen LogP contribution in [0.4, 0.5) is 17.2 Å². The summed E-state index contributed by atoms with van der Waals surface area (Å²) in [5.41, 5.74) is 4.04. The van der Waals surface area contributed by atoms with E-state index < -0.39 is 0 Å². The molecule has 0 aliphatic rings. The number of fused-ring (bicyclic) bond motifs is 5. The van der Waals surface area contributed by atoms with Crippen molar-refractivity contribution < 1.29 is 0 Å². The zero-order valence-electron chi connectivity index (χ0n) is 15.4. The van der Waals surface area contributed by atoms with Crippen LogP contribution in [-0.2, 0) is 0 Å². The topological polar surface area (TPSA) is 89.7 Å². The smallest absolute Gasteiger partial charge is 0.272 e. The van der Waals surface area contributed by atoms with E-state index >= 15 is 0 Å². The molecule has 7 nitrogen and oxygen atoms in total. The molecule has 4 aromatic heterocycles. The standard InChI is InChI=1S/C21H18N6O/c1-27(2)13-5-3-12(4-6-13)24-20-17-15-8-10-23-21(28)19(15)26-18(17)14-7-9-22-11-16(14)25-20/h3-11,26H,1-2H3,(H,23,28)(H,24,25). The molecule has 28 heavy (non-hydrogen) atoms. The maximum Gasteiger partial charge on any atom is 0.272 e. The number of aromatic nitrogens is 4. The summed E-state index contributed by atoms with van der Waals surface area (Å²) in [5, 5.41) is 6.05. The van der Waals surface area contributed by atoms with Crippen molar-refractivity contribution in [3.8, 4) is 0 Å². The number of hydrogen-bond donors (Lipinski definition) is 3. The lowest BCUT2D eigenvalue weighted by molar-refractivity contribution is 1.13. The fraction of sp³-hybridized carbons (Fsp3) is 0.0952. The third-order valence-electron chi connectivity index (χ3n) is 4.92. The second-order valence-corrected chi connectivity index (χ2v) is 6.89. The molecular formula is C21H18N6O. The zero-order chi connectivity index (χ0) is 19.3. The first-order valence-electron chi connectivity index (χ1n) is 8.93. The summed E-state index contributed by atoms with van der Waals surface area (Å²) < 4.78 is 0. The van der Waals surface area contributed by atoms with Crippen LogP contribution in [0.3, 0.4) is 0 Å². The molecular weight excluding hydrogens is 352 g/mol. The van der Waals surface area contributed by atoms with Gasteiger partial charge in [-0.15, -0.1) is 0 Å². The minimum absolute atomic E-state index is 0.155. The van der Waals surface area contributed by atoms with E-state index in [0.717, 1.165) is 38.6 Å². The van der Waals surface area contributed by atoms with E-state index in [0.29, 0.717) is 11.3 Å². The second kappa shape index (κ2) is 6.09. The monoisotopic (exact) mass is 370 g/mol. The Morgan fingerprint density at radius 3 is 2.61 bits per heavy atom. The summed E-state index contributed by atoms with van der Waals surface area (Å²) in [6, 6.07) is 11.9. The Bertz CT molecular complexity index is 1380. The number of anilines is 3. The molecule has 0 saturated heterocycles. The van der Waals surface area contributed by atoms with Gasteiger partial charge in [0.1, 0.15) is 11.3 Å². The van der Waals surface area contributed by atoms with Gasteiger partial charge < -0.3 is 20.2 Å². The van der Waals surface area contributed by atoms with Crippen LogP contribution in [0.2, 0.25) is 0 Å². The minimum atomic E-state index is -0.155. The number of H-pyrrole nitrogens is 2. The van der Waals surface area contributed by atoms with Crippen LogP contribution in [0, 0.1) is 0 Å². The zero-order valence-corrected chi connectivity index (χ0v) is 15.4. The number of rotatable bonds is 3. The molecule has 0 unspecified atom stereocenters. The van der Waals surface area contributed by atoms with Crippen molar-refractivity contribution in [2.24, 2.45) is 0 Å². The van der Waals surface area contributed by atoms with Gasteiger partial charge >= 0.3 is 0 Å². The largest absolute Gasteiger partial charge is 0.378 e. The molecule has 0 radical (unpaired) electrons. The highest BCUT2D eigenvalue weighted by Gasteiger charge is 2.16. The van der Waals surface area contributed by atoms with Crippen LogP contribution in [0.15, 0.2) is 59.8 Å². The lowest BCUT2D eigenvalue weighted by Crippen LogP contribution is -2.08. The van der Waals surface area contributed by atoms with Gasteiger partial charge in [0.25, 0.3) is 5.56 Å². The van der Waals surface area contributed by atoms with Crippen molar-refractivity contribution >= 4 is 49.9 Å². The van der Waals surface area contributed by atoms with Crippen molar-refractivity contribution in [3.63, 3.8) is 0 Å². The van der Waals surface area contributed by atoms with E-state index in [-0.39, 0.29) is 5.56 Å². The fourth-order valence-corrected chi connectivity index (χ4v) is 3.51. The van der Waals surface area contributed by atoms with E-state index in [9.17, 15) is 4.79 Å². The van der Waals surface area contributed by atoms with Gasteiger partial charge in [-0.3, -0.25) is 9.78 Å². The van der Waals surface area contributed by atoms with Crippen LogP contribution in [0.25, 0.3) is 32.7 Å². The molecule has 5 aromatic rings. The van der Waals surface area contributed by atoms with Gasteiger partial charge in [0.15, 0.2) is 0 Å². The SMILES string of the molecule is CN(C)c1ccc(Nc2nc3cnccc3c3[nH]c4c(=O)[nH]ccc4c23)cc1. The minimum Gasteiger partial charge on any atom is -0.378 e. The summed E-state index contributed by atoms with van der Waals surface area (Å²) in [6.07, 6.45) is 5.11. The Labute approximate surface area is 160 Å². The first-order chi connectivity index (χ1) is 13.6. The van der Waals surface area contributed by atoms with Gasteiger partial charge in [-0.05, 0) is 36.4 Å². The molecule has 138 valence electrons. The molecule has 1 aromatic carbocycles. The van der Waals surface area contributed by atoms with Gasteiger partial charge in [-0.2, -0.15) is 0 Å². The third-order valence-corrected chi connectivity index (χ3v) is 4.92. The molecule has 5 rings (SSSR count). The van der Waals surface area contributed by atoms with Gasteiger partial charge in [-0.1, -0.05) is 0 Å². The molecule has 0 bridgehead atoms. The molecule has 3 N–H and O–H groups in total. The van der Waals surface area contributed by atoms with Crippen molar-refractivity contribution in [1.29, 1.82) is 0 Å². The van der Waals surface area contributed by atoms with E-state index in [1.54, 1.807) is 18.6 Å². The predicted molar refractivity (Wildman–Crippen MR) is 114 cm³/mol. The number of hydrogen-bond acceptors (Lipinski definition) is 5. The van der Waals surface area contributed by atoms with E-state index in [4.69, 9.17) is 4.98 Å². The van der Waals surface area contributed by atoms with Crippen LogP contribution in [0.5, 0.6) is 0 Å². The maximum atomic E-state index is 12.3. The average molecular weight is 370 g/mol. The summed E-state index contributed by atoms with van der Waals surface area (Å²) in [5.74, 6) is 0.685. The number of nitrogens with one attached hydrogen (secondary N) is 3. The Morgan fingerprint density at radius 1 is 1.00 bits per heavy atom. The Hall–Kier alpha value is -3.87. The van der Waals surface area contributed by atoms with Crippen molar-refractivity contribution in [3.05, 3.63) is 65.3 Å². The van der Waals surface area contributed by atoms with Crippen molar-refractivity contribution in [2.45, 2.75) is 0 Å². The van der Waals surface area contributed by atoms with Gasteiger partial charge in [0, 0.05) is 48.6 Å². The normalized spacial score (nSPS) is 11.4. The molecule has 0 amide bonds. The Kier molecular flexibility index (Phi) is 3.55. The number of nitrogens with zero attached hydrogens (tertiary/aromatic N) is 3. The molecule has 0 saturated carbocycles. The van der Waals surface area contributed by atoms with Crippen LogP contribution >= 0.6 is 0 Å². The summed E-state index contributed by atoms with van der Waals surface area (Å²) in [6.45, 7) is 0. The molecule has 4 heterocycles. The molecule has 0 spiro atoms. The first kappa shape index (κ1) is 16.3. The number of benzene rings is 1. The van der Waals surface area contributed by atoms with Crippen molar-refractivity contribution in [1.82, 2.24) is 19.9 Å². The highest BCUT2D eigenvalue weighted by atomic mass is 16.1. The predicted octanol–water partition coefficient (Wildman–Crippen LogP) is 3.76. The Morgan fingerprint density at radius 2 is 1.82 bits per heavy atom. The van der Waals surface area contributed by atoms with Crippen LogP contribution in [-0.4, -0.2) is 34.0 Å². The summed E-state index contributed by atoms with van der Waals surface area (Å²) >= 11 is 0. The number of pyridine rings is 3. The van der Waals surface area contributed by atoms with E-state index in [2.05, 4.69) is 20.3 Å². The van der Waals surface area contributed by atoms with E-state index in [1.165, 1.54) is 0 Å². The van der Waals surface area contributed by atoms with Crippen molar-refractivity contribution in [2.75, 3.05) is 24.3 Å². The van der Waals surface area contributed by atoms with Crippen LogP contribution < -0.4 is 15.8 Å². The molecule has 0 atom stereocenters. The maximum absolute atomic E-state index is 12.3. The molecule has 0 fully saturated rings. The summed E-state index contributed by atoms with van der Waals surface area (Å²) in [7, 11) is 4.01. The quantitative estimate of drug-likeness (QED) is 0.450. The lowest BCUT2D eigenvalue weighted by Gasteiger charge is -2.14. The highest BCUT2D eigenvalue weighted by molar-refractivity contribution is 6.20. The van der Waals surface area contributed by atoms with E-state index in [1.807, 2.05) is 55.4 Å². The highest BCUT2D eigenvalue weighted by Crippen LogP contribution is 2.35. The Balaban J connectivity index is 1.77. The molecule has 0 aliphatic carbocycles.